The molecule has 0 aliphatic heterocycles. The summed E-state index contributed by atoms with van der Waals surface area (Å²) in [7, 11) is 1.66. The molecule has 3 aromatic rings. The van der Waals surface area contributed by atoms with Crippen LogP contribution in [0.15, 0.2) is 60.8 Å². The van der Waals surface area contributed by atoms with Crippen molar-refractivity contribution in [1.29, 1.82) is 0 Å². The molecule has 0 atom stereocenters. The number of nitrogens with zero attached hydrogens (tertiary/aromatic N) is 2. The fraction of sp³-hybridized carbons (Fsp3) is 0.286. The Labute approximate surface area is 159 Å². The third-order valence-corrected chi connectivity index (χ3v) is 4.15. The molecule has 1 aromatic heterocycles. The van der Waals surface area contributed by atoms with Gasteiger partial charge in [0.15, 0.2) is 0 Å². The first-order valence-corrected chi connectivity index (χ1v) is 8.99. The van der Waals surface area contributed by atoms with Crippen LogP contribution >= 0.6 is 0 Å². The van der Waals surface area contributed by atoms with Gasteiger partial charge in [-0.1, -0.05) is 18.2 Å². The quantitative estimate of drug-likeness (QED) is 0.539. The number of rotatable bonds is 10. The summed E-state index contributed by atoms with van der Waals surface area (Å²) in [6.07, 6.45) is 2.05. The molecule has 0 aliphatic rings. The van der Waals surface area contributed by atoms with E-state index in [4.69, 9.17) is 19.7 Å². The van der Waals surface area contributed by atoms with Gasteiger partial charge in [-0.2, -0.15) is 5.10 Å². The lowest BCUT2D eigenvalue weighted by Gasteiger charge is -2.06. The van der Waals surface area contributed by atoms with Gasteiger partial charge < -0.3 is 19.9 Å². The minimum atomic E-state index is 0.0471. The molecule has 27 heavy (non-hydrogen) atoms. The van der Waals surface area contributed by atoms with E-state index in [2.05, 4.69) is 11.5 Å². The standard InChI is InChI=1S/C21H25N3O3/c1-26-20-9-7-17(8-10-20)21-18(15-22-11-13-27-14-12-25)16-24(23-21)19-5-3-2-4-6-19/h2-10,16,22,25H,11-15H2,1H3. The van der Waals surface area contributed by atoms with E-state index in [1.54, 1.807) is 7.11 Å². The maximum atomic E-state index is 8.75. The van der Waals surface area contributed by atoms with Gasteiger partial charge in [0.1, 0.15) is 5.75 Å². The number of aromatic nitrogens is 2. The van der Waals surface area contributed by atoms with Crippen LogP contribution in [0.2, 0.25) is 0 Å². The average Bonchev–Trinajstić information content (AvgIpc) is 3.15. The minimum Gasteiger partial charge on any atom is -0.497 e. The van der Waals surface area contributed by atoms with Crippen molar-refractivity contribution < 1.29 is 14.6 Å². The van der Waals surface area contributed by atoms with E-state index in [0.29, 0.717) is 26.3 Å². The summed E-state index contributed by atoms with van der Waals surface area (Å²) in [5.41, 5.74) is 4.10. The second-order valence-electron chi connectivity index (χ2n) is 6.02. The molecular formula is C21H25N3O3. The molecule has 0 saturated heterocycles. The molecule has 0 unspecified atom stereocenters. The summed E-state index contributed by atoms with van der Waals surface area (Å²) < 4.78 is 12.4. The fourth-order valence-electron chi connectivity index (χ4n) is 2.78. The molecular weight excluding hydrogens is 342 g/mol. The van der Waals surface area contributed by atoms with Crippen LogP contribution in [0.25, 0.3) is 16.9 Å². The SMILES string of the molecule is COc1ccc(-c2nn(-c3ccccc3)cc2CNCCOCCO)cc1. The van der Waals surface area contributed by atoms with Gasteiger partial charge in [-0.05, 0) is 36.4 Å². The number of para-hydroxylation sites is 1. The van der Waals surface area contributed by atoms with Crippen molar-refractivity contribution in [2.24, 2.45) is 0 Å². The van der Waals surface area contributed by atoms with Gasteiger partial charge in [-0.3, -0.25) is 0 Å². The Morgan fingerprint density at radius 2 is 1.81 bits per heavy atom. The summed E-state index contributed by atoms with van der Waals surface area (Å²) in [6, 6.07) is 18.0. The van der Waals surface area contributed by atoms with Gasteiger partial charge in [0, 0.05) is 30.4 Å². The van der Waals surface area contributed by atoms with E-state index >= 15 is 0 Å². The third kappa shape index (κ3) is 5.17. The summed E-state index contributed by atoms with van der Waals surface area (Å²) >= 11 is 0. The molecule has 2 aromatic carbocycles. The van der Waals surface area contributed by atoms with Gasteiger partial charge in [-0.25, -0.2) is 4.68 Å². The van der Waals surface area contributed by atoms with Crippen molar-refractivity contribution in [3.05, 3.63) is 66.4 Å². The average molecular weight is 367 g/mol. The van der Waals surface area contributed by atoms with Crippen LogP contribution in [0, 0.1) is 0 Å². The van der Waals surface area contributed by atoms with Crippen LogP contribution < -0.4 is 10.1 Å². The molecule has 0 aliphatic carbocycles. The van der Waals surface area contributed by atoms with Gasteiger partial charge in [0.25, 0.3) is 0 Å². The van der Waals surface area contributed by atoms with Crippen molar-refractivity contribution in [3.8, 4) is 22.7 Å². The molecule has 142 valence electrons. The molecule has 0 radical (unpaired) electrons. The molecule has 0 bridgehead atoms. The molecule has 3 rings (SSSR count). The van der Waals surface area contributed by atoms with Crippen molar-refractivity contribution in [3.63, 3.8) is 0 Å². The van der Waals surface area contributed by atoms with Crippen molar-refractivity contribution in [2.75, 3.05) is 33.5 Å². The molecule has 6 heteroatoms. The maximum absolute atomic E-state index is 8.75. The number of hydrogen-bond donors (Lipinski definition) is 2. The Hall–Kier alpha value is -2.67. The number of methoxy groups -OCH3 is 1. The zero-order chi connectivity index (χ0) is 18.9. The van der Waals surface area contributed by atoms with E-state index in [1.807, 2.05) is 59.3 Å². The minimum absolute atomic E-state index is 0.0471. The zero-order valence-electron chi connectivity index (χ0n) is 15.5. The molecule has 0 amide bonds. The van der Waals surface area contributed by atoms with E-state index < -0.39 is 0 Å². The van der Waals surface area contributed by atoms with Gasteiger partial charge >= 0.3 is 0 Å². The molecule has 0 fully saturated rings. The van der Waals surface area contributed by atoms with Crippen molar-refractivity contribution in [1.82, 2.24) is 15.1 Å². The molecule has 2 N–H and O–H groups in total. The Balaban J connectivity index is 1.79. The largest absolute Gasteiger partial charge is 0.497 e. The Kier molecular flexibility index (Phi) is 6.98. The highest BCUT2D eigenvalue weighted by molar-refractivity contribution is 5.64. The van der Waals surface area contributed by atoms with Crippen LogP contribution in [0.1, 0.15) is 5.56 Å². The lowest BCUT2D eigenvalue weighted by atomic mass is 10.1. The monoisotopic (exact) mass is 367 g/mol. The lowest BCUT2D eigenvalue weighted by Crippen LogP contribution is -2.20. The first-order chi connectivity index (χ1) is 13.3. The normalized spacial score (nSPS) is 10.9. The summed E-state index contributed by atoms with van der Waals surface area (Å²) in [4.78, 5) is 0. The van der Waals surface area contributed by atoms with Gasteiger partial charge in [0.05, 0.1) is 38.3 Å². The highest BCUT2D eigenvalue weighted by Gasteiger charge is 2.12. The molecule has 6 nitrogen and oxygen atoms in total. The third-order valence-electron chi connectivity index (χ3n) is 4.15. The smallest absolute Gasteiger partial charge is 0.118 e. The van der Waals surface area contributed by atoms with E-state index in [0.717, 1.165) is 28.3 Å². The zero-order valence-corrected chi connectivity index (χ0v) is 15.5. The van der Waals surface area contributed by atoms with Crippen LogP contribution in [-0.4, -0.2) is 48.4 Å². The Bertz CT molecular complexity index is 816. The Morgan fingerprint density at radius 3 is 2.52 bits per heavy atom. The van der Waals surface area contributed by atoms with Crippen LogP contribution in [0.3, 0.4) is 0 Å². The van der Waals surface area contributed by atoms with Crippen molar-refractivity contribution >= 4 is 0 Å². The maximum Gasteiger partial charge on any atom is 0.118 e. The topological polar surface area (TPSA) is 68.5 Å². The number of aliphatic hydroxyl groups excluding tert-OH is 1. The summed E-state index contributed by atoms with van der Waals surface area (Å²) in [5, 5.41) is 16.9. The fourth-order valence-corrected chi connectivity index (χ4v) is 2.78. The van der Waals surface area contributed by atoms with E-state index in [9.17, 15) is 0 Å². The van der Waals surface area contributed by atoms with E-state index in [1.165, 1.54) is 0 Å². The summed E-state index contributed by atoms with van der Waals surface area (Å²) in [5.74, 6) is 0.821. The first-order valence-electron chi connectivity index (χ1n) is 8.99. The molecule has 0 saturated carbocycles. The van der Waals surface area contributed by atoms with Crippen LogP contribution in [0.4, 0.5) is 0 Å². The molecule has 1 heterocycles. The first kappa shape index (κ1) is 19.1. The number of ether oxygens (including phenoxy) is 2. The summed E-state index contributed by atoms with van der Waals surface area (Å²) in [6.45, 7) is 2.36. The number of nitrogens with one attached hydrogen (secondary N) is 1. The van der Waals surface area contributed by atoms with Gasteiger partial charge in [-0.15, -0.1) is 0 Å². The van der Waals surface area contributed by atoms with Crippen LogP contribution in [-0.2, 0) is 11.3 Å². The molecule has 0 spiro atoms. The predicted molar refractivity (Wildman–Crippen MR) is 105 cm³/mol. The lowest BCUT2D eigenvalue weighted by molar-refractivity contribution is 0.0938. The second kappa shape index (κ2) is 9.87. The van der Waals surface area contributed by atoms with Crippen molar-refractivity contribution in [2.45, 2.75) is 6.54 Å². The Morgan fingerprint density at radius 1 is 1.04 bits per heavy atom. The van der Waals surface area contributed by atoms with Crippen LogP contribution in [0.5, 0.6) is 5.75 Å². The highest BCUT2D eigenvalue weighted by atomic mass is 16.5. The van der Waals surface area contributed by atoms with Gasteiger partial charge in [0.2, 0.25) is 0 Å². The predicted octanol–water partition coefficient (Wildman–Crippen LogP) is 2.65. The number of benzene rings is 2. The number of hydrogen-bond acceptors (Lipinski definition) is 5. The second-order valence-corrected chi connectivity index (χ2v) is 6.02. The van der Waals surface area contributed by atoms with E-state index in [-0.39, 0.29) is 6.61 Å². The number of aliphatic hydroxyl groups is 1. The highest BCUT2D eigenvalue weighted by Crippen LogP contribution is 2.25.